The van der Waals surface area contributed by atoms with Gasteiger partial charge >= 0.3 is 0 Å². The van der Waals surface area contributed by atoms with Crippen LogP contribution in [0, 0.1) is 17.2 Å². The summed E-state index contributed by atoms with van der Waals surface area (Å²) in [5, 5.41) is 12.0. The van der Waals surface area contributed by atoms with Crippen LogP contribution >= 0.6 is 0 Å². The summed E-state index contributed by atoms with van der Waals surface area (Å²) in [6.45, 7) is 5.23. The molecule has 0 amide bonds. The lowest BCUT2D eigenvalue weighted by Gasteiger charge is -2.36. The molecule has 2 unspecified atom stereocenters. The molecule has 3 nitrogen and oxygen atoms in total. The largest absolute Gasteiger partial charge is 0.320 e. The molecule has 0 spiro atoms. The first kappa shape index (κ1) is 12.5. The Morgan fingerprint density at radius 1 is 1.53 bits per heavy atom. The van der Waals surface area contributed by atoms with Crippen molar-refractivity contribution in [2.45, 2.75) is 38.6 Å². The summed E-state index contributed by atoms with van der Waals surface area (Å²) in [6.07, 6.45) is 5.18. The van der Waals surface area contributed by atoms with Crippen molar-refractivity contribution >= 4 is 0 Å². The Morgan fingerprint density at radius 3 is 3.00 bits per heavy atom. The third kappa shape index (κ3) is 4.19. The molecule has 1 aliphatic rings. The molecule has 1 heterocycles. The van der Waals surface area contributed by atoms with Crippen LogP contribution in [0.15, 0.2) is 0 Å². The Morgan fingerprint density at radius 2 is 2.33 bits per heavy atom. The maximum Gasteiger partial charge on any atom is 0.0666 e. The molecule has 1 fully saturated rings. The monoisotopic (exact) mass is 209 g/mol. The van der Waals surface area contributed by atoms with E-state index in [9.17, 15) is 0 Å². The van der Waals surface area contributed by atoms with E-state index in [-0.39, 0.29) is 5.92 Å². The molecule has 2 atom stereocenters. The zero-order chi connectivity index (χ0) is 11.1. The molecule has 1 N–H and O–H groups in total. The molecule has 1 saturated heterocycles. The van der Waals surface area contributed by atoms with Crippen molar-refractivity contribution in [1.29, 1.82) is 5.26 Å². The van der Waals surface area contributed by atoms with Gasteiger partial charge in [0.1, 0.15) is 0 Å². The zero-order valence-corrected chi connectivity index (χ0v) is 10.00. The second kappa shape index (κ2) is 6.81. The van der Waals surface area contributed by atoms with Crippen LogP contribution in [-0.2, 0) is 0 Å². The molecule has 1 aliphatic heterocycles. The van der Waals surface area contributed by atoms with Gasteiger partial charge in [0.15, 0.2) is 0 Å². The van der Waals surface area contributed by atoms with E-state index in [1.807, 2.05) is 14.0 Å². The van der Waals surface area contributed by atoms with Crippen molar-refractivity contribution < 1.29 is 0 Å². The number of likely N-dealkylation sites (tertiary alicyclic amines) is 1. The van der Waals surface area contributed by atoms with E-state index in [2.05, 4.69) is 16.3 Å². The molecule has 86 valence electrons. The van der Waals surface area contributed by atoms with Gasteiger partial charge in [-0.2, -0.15) is 5.26 Å². The summed E-state index contributed by atoms with van der Waals surface area (Å²) < 4.78 is 0. The van der Waals surface area contributed by atoms with Gasteiger partial charge in [0.2, 0.25) is 0 Å². The van der Waals surface area contributed by atoms with Crippen molar-refractivity contribution in [3.8, 4) is 6.07 Å². The van der Waals surface area contributed by atoms with Gasteiger partial charge in [0.25, 0.3) is 0 Å². The summed E-state index contributed by atoms with van der Waals surface area (Å²) in [5.74, 6) is 0.167. The van der Waals surface area contributed by atoms with Crippen molar-refractivity contribution in [3.63, 3.8) is 0 Å². The molecular weight excluding hydrogens is 186 g/mol. The molecule has 0 aromatic rings. The van der Waals surface area contributed by atoms with Crippen molar-refractivity contribution in [3.05, 3.63) is 0 Å². The van der Waals surface area contributed by atoms with Crippen LogP contribution in [0.1, 0.15) is 32.6 Å². The predicted octanol–water partition coefficient (Wildman–Crippen LogP) is 1.61. The number of hydrogen-bond donors (Lipinski definition) is 1. The number of nitriles is 1. The second-order valence-corrected chi connectivity index (χ2v) is 4.57. The average Bonchev–Trinajstić information content (AvgIpc) is 2.28. The summed E-state index contributed by atoms with van der Waals surface area (Å²) in [6, 6.07) is 3.03. The van der Waals surface area contributed by atoms with Gasteiger partial charge in [-0.3, -0.25) is 4.90 Å². The number of nitrogens with zero attached hydrogens (tertiary/aromatic N) is 2. The fourth-order valence-corrected chi connectivity index (χ4v) is 2.33. The van der Waals surface area contributed by atoms with E-state index in [0.29, 0.717) is 6.04 Å². The minimum Gasteiger partial charge on any atom is -0.320 e. The van der Waals surface area contributed by atoms with Gasteiger partial charge in [0.05, 0.1) is 12.0 Å². The maximum atomic E-state index is 8.84. The topological polar surface area (TPSA) is 39.1 Å². The molecule has 0 bridgehead atoms. The van der Waals surface area contributed by atoms with Crippen LogP contribution in [0.3, 0.4) is 0 Å². The van der Waals surface area contributed by atoms with Gasteiger partial charge in [0, 0.05) is 12.6 Å². The number of piperidine rings is 1. The number of hydrogen-bond acceptors (Lipinski definition) is 3. The highest BCUT2D eigenvalue weighted by Gasteiger charge is 2.22. The van der Waals surface area contributed by atoms with Crippen LogP contribution in [0.4, 0.5) is 0 Å². The lowest BCUT2D eigenvalue weighted by Crippen LogP contribution is -2.42. The molecule has 3 heteroatoms. The first-order chi connectivity index (χ1) is 7.27. The summed E-state index contributed by atoms with van der Waals surface area (Å²) >= 11 is 0. The van der Waals surface area contributed by atoms with Crippen LogP contribution in [0.5, 0.6) is 0 Å². The van der Waals surface area contributed by atoms with Crippen LogP contribution < -0.4 is 5.32 Å². The number of nitrogens with one attached hydrogen (secondary N) is 1. The summed E-state index contributed by atoms with van der Waals surface area (Å²) in [5.41, 5.74) is 0. The highest BCUT2D eigenvalue weighted by atomic mass is 15.2. The Bertz CT molecular complexity index is 209. The Labute approximate surface area is 93.5 Å². The molecule has 1 rings (SSSR count). The molecule has 0 aromatic carbocycles. The highest BCUT2D eigenvalue weighted by Crippen LogP contribution is 2.20. The van der Waals surface area contributed by atoms with Crippen molar-refractivity contribution in [2.75, 3.05) is 26.7 Å². The molecule has 0 aromatic heterocycles. The lowest BCUT2D eigenvalue weighted by atomic mass is 9.98. The van der Waals surface area contributed by atoms with E-state index in [0.717, 1.165) is 13.1 Å². The van der Waals surface area contributed by atoms with Crippen molar-refractivity contribution in [1.82, 2.24) is 10.2 Å². The fourth-order valence-electron chi connectivity index (χ4n) is 2.33. The van der Waals surface area contributed by atoms with Gasteiger partial charge in [-0.1, -0.05) is 6.42 Å². The third-order valence-corrected chi connectivity index (χ3v) is 3.21. The lowest BCUT2D eigenvalue weighted by molar-refractivity contribution is 0.131. The van der Waals surface area contributed by atoms with E-state index in [1.165, 1.54) is 32.2 Å². The molecular formula is C12H23N3. The van der Waals surface area contributed by atoms with E-state index in [4.69, 9.17) is 5.26 Å². The minimum atomic E-state index is 0.167. The van der Waals surface area contributed by atoms with Gasteiger partial charge in [-0.15, -0.1) is 0 Å². The minimum absolute atomic E-state index is 0.167. The quantitative estimate of drug-likeness (QED) is 0.747. The standard InChI is InChI=1S/C12H23N3/c1-11(9-13)10-15-8-4-3-5-12(15)6-7-14-2/h11-12,14H,3-8,10H2,1-2H3. The van der Waals surface area contributed by atoms with E-state index < -0.39 is 0 Å². The first-order valence-electron chi connectivity index (χ1n) is 6.06. The Kier molecular flexibility index (Phi) is 5.67. The van der Waals surface area contributed by atoms with Gasteiger partial charge in [-0.25, -0.2) is 0 Å². The Balaban J connectivity index is 2.39. The zero-order valence-electron chi connectivity index (χ0n) is 10.00. The smallest absolute Gasteiger partial charge is 0.0666 e. The predicted molar refractivity (Wildman–Crippen MR) is 62.5 cm³/mol. The van der Waals surface area contributed by atoms with Crippen molar-refractivity contribution in [2.24, 2.45) is 5.92 Å². The normalized spacial score (nSPS) is 24.7. The van der Waals surface area contributed by atoms with E-state index >= 15 is 0 Å². The van der Waals surface area contributed by atoms with Crippen LogP contribution in [0.25, 0.3) is 0 Å². The SMILES string of the molecule is CNCCC1CCCCN1CC(C)C#N. The van der Waals surface area contributed by atoms with Gasteiger partial charge in [-0.05, 0) is 46.3 Å². The molecule has 15 heavy (non-hydrogen) atoms. The van der Waals surface area contributed by atoms with E-state index in [1.54, 1.807) is 0 Å². The number of rotatable bonds is 5. The average molecular weight is 209 g/mol. The third-order valence-electron chi connectivity index (χ3n) is 3.21. The first-order valence-corrected chi connectivity index (χ1v) is 6.06. The van der Waals surface area contributed by atoms with Crippen LogP contribution in [0.2, 0.25) is 0 Å². The highest BCUT2D eigenvalue weighted by molar-refractivity contribution is 4.85. The molecule has 0 radical (unpaired) electrons. The summed E-state index contributed by atoms with van der Waals surface area (Å²) in [7, 11) is 2.01. The summed E-state index contributed by atoms with van der Waals surface area (Å²) in [4.78, 5) is 2.51. The maximum absolute atomic E-state index is 8.84. The van der Waals surface area contributed by atoms with Gasteiger partial charge < -0.3 is 5.32 Å². The molecule has 0 saturated carbocycles. The molecule has 0 aliphatic carbocycles. The second-order valence-electron chi connectivity index (χ2n) is 4.57. The fraction of sp³-hybridized carbons (Fsp3) is 0.917. The Hall–Kier alpha value is -0.590. The van der Waals surface area contributed by atoms with Crippen LogP contribution in [-0.4, -0.2) is 37.6 Å².